The number of aromatic nitrogens is 2. The van der Waals surface area contributed by atoms with Crippen LogP contribution in [0.1, 0.15) is 107 Å². The van der Waals surface area contributed by atoms with Gasteiger partial charge in [-0.1, -0.05) is 68.3 Å². The molecule has 5 heterocycles. The summed E-state index contributed by atoms with van der Waals surface area (Å²) in [5.41, 5.74) is 3.18. The van der Waals surface area contributed by atoms with Crippen LogP contribution in [0.2, 0.25) is 0 Å². The topological polar surface area (TPSA) is 272 Å². The molecule has 4 N–H and O–H groups in total. The molecule has 0 spiro atoms. The first kappa shape index (κ1) is 57.8. The van der Waals surface area contributed by atoms with Gasteiger partial charge in [-0.25, -0.2) is 4.79 Å². The minimum absolute atomic E-state index is 0.0229. The number of amidine groups is 1. The number of fused-ring (bicyclic) bond motifs is 1. The fourth-order valence-electron chi connectivity index (χ4n) is 11.6. The molecule has 21 heteroatoms. The maximum absolute atomic E-state index is 15.1. The summed E-state index contributed by atoms with van der Waals surface area (Å²) in [6.45, 7) is 17.4. The first-order valence-corrected chi connectivity index (χ1v) is 25.5. The molecule has 21 nitrogen and oxygen atoms in total. The van der Waals surface area contributed by atoms with E-state index in [2.05, 4.69) is 15.3 Å². The van der Waals surface area contributed by atoms with E-state index in [9.17, 15) is 24.6 Å². The lowest BCUT2D eigenvalue weighted by atomic mass is 9.67. The molecule has 0 aliphatic carbocycles. The number of hydrogen-bond acceptors (Lipinski definition) is 20. The van der Waals surface area contributed by atoms with E-state index in [1.54, 1.807) is 55.4 Å². The first-order chi connectivity index (χ1) is 34.3. The number of likely N-dealkylation sites (N-methyl/N-ethyl adjacent to an activating group) is 1. The van der Waals surface area contributed by atoms with Crippen LogP contribution in [0.3, 0.4) is 0 Å². The van der Waals surface area contributed by atoms with Gasteiger partial charge in [0.25, 0.3) is 0 Å². The number of ether oxygens (including phenoxy) is 8. The molecule has 73 heavy (non-hydrogen) atoms. The monoisotopic (exact) mass is 1030 g/mol. The van der Waals surface area contributed by atoms with Gasteiger partial charge in [0.1, 0.15) is 30.0 Å². The molecule has 408 valence electrons. The van der Waals surface area contributed by atoms with Crippen LogP contribution in [0.25, 0.3) is 11.4 Å². The van der Waals surface area contributed by atoms with Crippen LogP contribution in [0.4, 0.5) is 0 Å². The Morgan fingerprint density at radius 3 is 2.22 bits per heavy atom. The lowest BCUT2D eigenvalue weighted by Crippen LogP contribution is -2.61. The maximum atomic E-state index is 15.1. The van der Waals surface area contributed by atoms with Crippen LogP contribution in [-0.2, 0) is 68.3 Å². The zero-order valence-corrected chi connectivity index (χ0v) is 44.8. The van der Waals surface area contributed by atoms with Crippen molar-refractivity contribution in [3.05, 3.63) is 36.2 Å². The van der Waals surface area contributed by atoms with E-state index in [4.69, 9.17) is 53.0 Å². The average Bonchev–Trinajstić information content (AvgIpc) is 3.95. The zero-order valence-electron chi connectivity index (χ0n) is 44.8. The SMILES string of the molecule is CC[C@H]1OC(=O)[C@H](C)[C@@H](OC2CC(C)(OC)C(O)C(C)O2)[C@H](C)[C@@H](OC2OC(C)CC(N(C)C)C2O)[C@@](C)(OC)C[C@@H](C)C(=O)[C@H](C)C2C(/C(N)=N\OC(=O)CCc3nc(-c4ccccc4)no3)C(=O)O[C@@]21C. The molecule has 4 fully saturated rings. The highest BCUT2D eigenvalue weighted by Crippen LogP contribution is 2.49. The fraction of sp³-hybridized carbons (Fsp3) is 0.750. The summed E-state index contributed by atoms with van der Waals surface area (Å²) in [6, 6.07) is 8.82. The molecule has 4 aliphatic rings. The van der Waals surface area contributed by atoms with Gasteiger partial charge in [-0.2, -0.15) is 4.98 Å². The summed E-state index contributed by atoms with van der Waals surface area (Å²) in [7, 11) is 6.71. The Kier molecular flexibility index (Phi) is 18.7. The highest BCUT2D eigenvalue weighted by molar-refractivity contribution is 6.03. The number of methoxy groups -OCH3 is 2. The number of nitrogens with two attached hydrogens (primary N) is 1. The number of ketones is 1. The Morgan fingerprint density at radius 1 is 0.918 bits per heavy atom. The molecule has 0 amide bonds. The number of esters is 2. The standard InChI is InChI=1S/C52H79N5O16/c1-15-34-52(10)39(38(48(63)71-52)45(53)55-73-36(58)22-21-35-54-46(56-72-35)32-19-17-16-18-20-32)28(4)40(59)26(2)24-51(9,65-14)44(70-49-41(60)33(57(11)12)23-27(3)66-49)29(5)42(30(6)47(62)68-34)69-37-25-50(8,64-13)43(61)31(7)67-37/h16-20,26-31,33-34,37-39,41-44,49,60-61H,15,21-25H2,1-14H3,(H2,53,55)/t26-,27?,28-,29+,30-,31?,33?,34-,37?,38?,39?,41?,42+,43?,44-,49?,50?,51+,52-/m1/s1. The Labute approximate surface area is 428 Å². The largest absolute Gasteiger partial charge is 0.458 e. The molecule has 6 rings (SSSR count). The molecule has 2 aromatic rings. The Hall–Kier alpha value is -4.45. The van der Waals surface area contributed by atoms with Gasteiger partial charge in [0.05, 0.1) is 48.0 Å². The minimum Gasteiger partial charge on any atom is -0.458 e. The highest BCUT2D eigenvalue weighted by Gasteiger charge is 2.63. The van der Waals surface area contributed by atoms with E-state index in [1.165, 1.54) is 14.2 Å². The van der Waals surface area contributed by atoms with E-state index in [0.717, 1.165) is 5.56 Å². The van der Waals surface area contributed by atoms with Gasteiger partial charge in [0.2, 0.25) is 11.7 Å². The second-order valence-electron chi connectivity index (χ2n) is 21.4. The van der Waals surface area contributed by atoms with Crippen molar-refractivity contribution in [1.29, 1.82) is 0 Å². The molecule has 1 aromatic carbocycles. The molecule has 19 atom stereocenters. The number of aryl methyl sites for hydroxylation is 1. The van der Waals surface area contributed by atoms with Gasteiger partial charge >= 0.3 is 17.9 Å². The second-order valence-corrected chi connectivity index (χ2v) is 21.4. The van der Waals surface area contributed by atoms with Gasteiger partial charge in [-0.05, 0) is 74.9 Å². The number of nitrogens with zero attached hydrogens (tertiary/aromatic N) is 4. The third-order valence-electron chi connectivity index (χ3n) is 15.9. The lowest BCUT2D eigenvalue weighted by Gasteiger charge is -2.50. The van der Waals surface area contributed by atoms with Crippen molar-refractivity contribution in [3.8, 4) is 11.4 Å². The predicted octanol–water partition coefficient (Wildman–Crippen LogP) is 4.37. The predicted molar refractivity (Wildman–Crippen MR) is 262 cm³/mol. The van der Waals surface area contributed by atoms with Gasteiger partial charge in [-0.3, -0.25) is 14.4 Å². The van der Waals surface area contributed by atoms with E-state index in [0.29, 0.717) is 12.2 Å². The summed E-state index contributed by atoms with van der Waals surface area (Å²) in [5.74, 6) is -8.88. The van der Waals surface area contributed by atoms with Crippen molar-refractivity contribution in [2.75, 3.05) is 28.3 Å². The molecular formula is C52H79N5O16. The fourth-order valence-corrected chi connectivity index (χ4v) is 11.6. The Morgan fingerprint density at radius 2 is 1.59 bits per heavy atom. The van der Waals surface area contributed by atoms with Crippen LogP contribution < -0.4 is 5.73 Å². The number of rotatable bonds is 14. The number of hydrogen-bond donors (Lipinski definition) is 3. The van der Waals surface area contributed by atoms with Crippen LogP contribution >= 0.6 is 0 Å². The number of benzene rings is 1. The molecule has 4 aliphatic heterocycles. The number of Topliss-reactive ketones (excluding diaryl/α,β-unsaturated/α-hetero) is 1. The van der Waals surface area contributed by atoms with Crippen molar-refractivity contribution in [2.45, 2.75) is 186 Å². The molecule has 0 radical (unpaired) electrons. The van der Waals surface area contributed by atoms with E-state index >= 15 is 4.79 Å². The zero-order chi connectivity index (χ0) is 53.9. The van der Waals surface area contributed by atoms with E-state index in [1.807, 2.05) is 63.2 Å². The third kappa shape index (κ3) is 12.3. The minimum atomic E-state index is -1.67. The lowest BCUT2D eigenvalue weighted by molar-refractivity contribution is -0.319. The summed E-state index contributed by atoms with van der Waals surface area (Å²) in [5, 5.41) is 30.9. The van der Waals surface area contributed by atoms with Crippen molar-refractivity contribution < 1.29 is 76.6 Å². The van der Waals surface area contributed by atoms with E-state index in [-0.39, 0.29) is 55.9 Å². The molecule has 0 bridgehead atoms. The van der Waals surface area contributed by atoms with Crippen LogP contribution in [-0.4, -0.2) is 161 Å². The summed E-state index contributed by atoms with van der Waals surface area (Å²) >= 11 is 0. The average molecular weight is 1030 g/mol. The smallest absolute Gasteiger partial charge is 0.335 e. The van der Waals surface area contributed by atoms with Crippen molar-refractivity contribution in [1.82, 2.24) is 15.0 Å². The van der Waals surface area contributed by atoms with E-state index < -0.39 is 125 Å². The van der Waals surface area contributed by atoms with Gasteiger partial charge in [0.15, 0.2) is 24.0 Å². The van der Waals surface area contributed by atoms with Gasteiger partial charge in [0, 0.05) is 62.3 Å². The Bertz CT molecular complexity index is 2250. The normalized spacial score (nSPS) is 40.1. The van der Waals surface area contributed by atoms with Crippen molar-refractivity contribution >= 4 is 29.5 Å². The molecule has 10 unspecified atom stereocenters. The third-order valence-corrected chi connectivity index (χ3v) is 15.9. The van der Waals surface area contributed by atoms with Crippen LogP contribution in [0, 0.1) is 35.5 Å². The maximum Gasteiger partial charge on any atom is 0.335 e. The molecular weight excluding hydrogens is 951 g/mol. The Balaban J connectivity index is 1.37. The van der Waals surface area contributed by atoms with Crippen molar-refractivity contribution in [3.63, 3.8) is 0 Å². The number of aliphatic hydroxyl groups is 2. The summed E-state index contributed by atoms with van der Waals surface area (Å²) in [4.78, 5) is 68.9. The van der Waals surface area contributed by atoms with Crippen LogP contribution in [0.5, 0.6) is 0 Å². The number of cyclic esters (lactones) is 1. The summed E-state index contributed by atoms with van der Waals surface area (Å²) in [6.07, 6.45) is -8.15. The highest BCUT2D eigenvalue weighted by atomic mass is 16.7. The van der Waals surface area contributed by atoms with Crippen LogP contribution in [0.15, 0.2) is 40.0 Å². The second kappa shape index (κ2) is 23.6. The van der Waals surface area contributed by atoms with Gasteiger partial charge < -0.3 is 68.1 Å². The number of oxime groups is 1. The molecule has 1 aromatic heterocycles. The first-order valence-electron chi connectivity index (χ1n) is 25.5. The van der Waals surface area contributed by atoms with Crippen molar-refractivity contribution in [2.24, 2.45) is 46.4 Å². The van der Waals surface area contributed by atoms with Gasteiger partial charge in [-0.15, -0.1) is 0 Å². The quantitative estimate of drug-likeness (QED) is 0.0779. The molecule has 0 saturated carbocycles. The number of carbonyl (C=O) groups excluding carboxylic acids is 4. The number of aliphatic hydroxyl groups excluding tert-OH is 2. The summed E-state index contributed by atoms with van der Waals surface area (Å²) < 4.78 is 56.6. The number of carbonyl (C=O) groups is 4. The molecule has 4 saturated heterocycles.